The number of rotatable bonds is 9. The number of nitro groups is 1. The van der Waals surface area contributed by atoms with Crippen LogP contribution < -0.4 is 4.90 Å². The zero-order chi connectivity index (χ0) is 31.2. The lowest BCUT2D eigenvalue weighted by atomic mass is 9.69. The molecular formula is C33H42N4O7. The normalized spacial score (nSPS) is 22.2. The molecule has 236 valence electrons. The molecule has 2 aromatic rings. The minimum atomic E-state index is -0.494. The van der Waals surface area contributed by atoms with E-state index in [1.54, 1.807) is 24.3 Å². The molecule has 3 atom stereocenters. The molecule has 11 nitrogen and oxygen atoms in total. The van der Waals surface area contributed by atoms with E-state index in [1.165, 1.54) is 45.3 Å². The summed E-state index contributed by atoms with van der Waals surface area (Å²) in [5, 5.41) is 11.0. The summed E-state index contributed by atoms with van der Waals surface area (Å²) in [7, 11) is 2.64. The number of esters is 2. The molecule has 3 fully saturated rings. The van der Waals surface area contributed by atoms with Crippen molar-refractivity contribution in [2.75, 3.05) is 64.9 Å². The molecule has 0 unspecified atom stereocenters. The van der Waals surface area contributed by atoms with Gasteiger partial charge in [0, 0.05) is 57.1 Å². The van der Waals surface area contributed by atoms with E-state index in [-0.39, 0.29) is 17.5 Å². The molecule has 0 aromatic heterocycles. The number of hydrogen-bond acceptors (Lipinski definition) is 9. The predicted molar refractivity (Wildman–Crippen MR) is 165 cm³/mol. The van der Waals surface area contributed by atoms with Crippen LogP contribution in [-0.2, 0) is 20.7 Å². The fraction of sp³-hybridized carbons (Fsp3) is 0.545. The van der Waals surface area contributed by atoms with Crippen LogP contribution in [0.2, 0.25) is 0 Å². The van der Waals surface area contributed by atoms with Gasteiger partial charge >= 0.3 is 11.9 Å². The van der Waals surface area contributed by atoms with Crippen LogP contribution in [0.25, 0.3) is 0 Å². The second-order valence-electron chi connectivity index (χ2n) is 12.2. The maximum absolute atomic E-state index is 14.0. The Bertz CT molecular complexity index is 1320. The highest BCUT2D eigenvalue weighted by atomic mass is 16.6. The Kier molecular flexibility index (Phi) is 10.1. The van der Waals surface area contributed by atoms with Crippen molar-refractivity contribution in [3.8, 4) is 0 Å². The van der Waals surface area contributed by atoms with Gasteiger partial charge in [0.05, 0.1) is 36.2 Å². The number of anilines is 1. The highest BCUT2D eigenvalue weighted by molar-refractivity contribution is 5.95. The maximum Gasteiger partial charge on any atom is 0.337 e. The van der Waals surface area contributed by atoms with Gasteiger partial charge in [0.2, 0.25) is 5.91 Å². The van der Waals surface area contributed by atoms with E-state index < -0.39 is 16.9 Å². The lowest BCUT2D eigenvalue weighted by Crippen LogP contribution is -2.56. The summed E-state index contributed by atoms with van der Waals surface area (Å²) >= 11 is 0. The first-order valence-corrected chi connectivity index (χ1v) is 15.6. The number of aryl methyl sites for hydroxylation is 1. The molecule has 2 aliphatic heterocycles. The third kappa shape index (κ3) is 7.20. The van der Waals surface area contributed by atoms with Gasteiger partial charge in [-0.3, -0.25) is 14.9 Å². The fourth-order valence-electron chi connectivity index (χ4n) is 7.28. The van der Waals surface area contributed by atoms with Crippen molar-refractivity contribution in [1.29, 1.82) is 0 Å². The topological polar surface area (TPSA) is 123 Å². The first-order valence-electron chi connectivity index (χ1n) is 15.6. The van der Waals surface area contributed by atoms with E-state index in [1.807, 2.05) is 4.90 Å². The number of non-ortho nitro benzene ring substituents is 1. The van der Waals surface area contributed by atoms with Gasteiger partial charge < -0.3 is 24.2 Å². The largest absolute Gasteiger partial charge is 0.465 e. The standard InChI is InChI=1S/C33H42N4O7/c1-43-32(39)25-18-23(19-26(20-25)33(40)44-2)6-5-13-34-21-24-7-3-4-8-29(24)30(22-34)31(38)36-16-14-35(15-17-36)27-9-11-28(12-10-27)37(41)42/h9-12,18-20,24,29-30H,3-8,13-17,21-22H2,1-2H3/t24-,29+,30-/m1/s1. The van der Waals surface area contributed by atoms with E-state index in [2.05, 4.69) is 9.80 Å². The minimum absolute atomic E-state index is 0.0199. The molecule has 1 aliphatic carbocycles. The Morgan fingerprint density at radius 2 is 1.52 bits per heavy atom. The van der Waals surface area contributed by atoms with Gasteiger partial charge in [-0.2, -0.15) is 0 Å². The second-order valence-corrected chi connectivity index (χ2v) is 12.2. The molecule has 2 aromatic carbocycles. The van der Waals surface area contributed by atoms with E-state index in [9.17, 15) is 24.5 Å². The summed E-state index contributed by atoms with van der Waals surface area (Å²) in [5.74, 6) is 0.176. The van der Waals surface area contributed by atoms with Gasteiger partial charge in [0.1, 0.15) is 0 Å². The van der Waals surface area contributed by atoms with Crippen molar-refractivity contribution in [3.63, 3.8) is 0 Å². The van der Waals surface area contributed by atoms with Crippen LogP contribution in [0, 0.1) is 27.9 Å². The highest BCUT2D eigenvalue weighted by Crippen LogP contribution is 2.40. The number of likely N-dealkylation sites (tertiary alicyclic amines) is 1. The first-order chi connectivity index (χ1) is 21.3. The van der Waals surface area contributed by atoms with E-state index in [0.29, 0.717) is 55.6 Å². The predicted octanol–water partition coefficient (Wildman–Crippen LogP) is 4.19. The second kappa shape index (κ2) is 14.2. The number of carbonyl (C=O) groups is 3. The highest BCUT2D eigenvalue weighted by Gasteiger charge is 2.43. The van der Waals surface area contributed by atoms with E-state index >= 15 is 0 Å². The molecule has 2 heterocycles. The lowest BCUT2D eigenvalue weighted by molar-refractivity contribution is -0.384. The number of ether oxygens (including phenoxy) is 2. The Morgan fingerprint density at radius 3 is 2.14 bits per heavy atom. The van der Waals surface area contributed by atoms with Crippen molar-refractivity contribution in [2.45, 2.75) is 38.5 Å². The van der Waals surface area contributed by atoms with Crippen LogP contribution in [0.5, 0.6) is 0 Å². The third-order valence-corrected chi connectivity index (χ3v) is 9.54. The summed E-state index contributed by atoms with van der Waals surface area (Å²) in [4.78, 5) is 55.6. The van der Waals surface area contributed by atoms with Crippen LogP contribution in [0.15, 0.2) is 42.5 Å². The van der Waals surface area contributed by atoms with Crippen LogP contribution in [-0.4, -0.2) is 92.6 Å². The molecule has 2 saturated heterocycles. The van der Waals surface area contributed by atoms with Gasteiger partial charge in [-0.05, 0) is 80.0 Å². The van der Waals surface area contributed by atoms with Crippen LogP contribution in [0.4, 0.5) is 11.4 Å². The van der Waals surface area contributed by atoms with Crippen LogP contribution in [0.3, 0.4) is 0 Å². The third-order valence-electron chi connectivity index (χ3n) is 9.54. The quantitative estimate of drug-likeness (QED) is 0.235. The van der Waals surface area contributed by atoms with Gasteiger partial charge in [-0.25, -0.2) is 9.59 Å². The van der Waals surface area contributed by atoms with Gasteiger partial charge in [-0.1, -0.05) is 12.8 Å². The molecular weight excluding hydrogens is 564 g/mol. The summed E-state index contributed by atoms with van der Waals surface area (Å²) in [5.41, 5.74) is 2.54. The van der Waals surface area contributed by atoms with Gasteiger partial charge in [-0.15, -0.1) is 0 Å². The zero-order valence-electron chi connectivity index (χ0n) is 25.6. The van der Waals surface area contributed by atoms with E-state index in [0.717, 1.165) is 50.1 Å². The summed E-state index contributed by atoms with van der Waals surface area (Å²) in [6, 6.07) is 11.7. The smallest absolute Gasteiger partial charge is 0.337 e. The number of nitrogens with zero attached hydrogens (tertiary/aromatic N) is 4. The zero-order valence-corrected chi connectivity index (χ0v) is 25.6. The fourth-order valence-corrected chi connectivity index (χ4v) is 7.28. The SMILES string of the molecule is COC(=O)c1cc(CCCN2C[C@H]3CCCC[C@@H]3[C@H](C(=O)N3CCN(c4ccc([N+](=O)[O-])cc4)CC3)C2)cc(C(=O)OC)c1. The van der Waals surface area contributed by atoms with E-state index in [4.69, 9.17) is 9.47 Å². The number of carbonyl (C=O) groups excluding carboxylic acids is 3. The number of benzene rings is 2. The lowest BCUT2D eigenvalue weighted by Gasteiger charge is -2.47. The molecule has 1 saturated carbocycles. The average Bonchev–Trinajstić information content (AvgIpc) is 3.06. The minimum Gasteiger partial charge on any atom is -0.465 e. The molecule has 3 aliphatic rings. The molecule has 5 rings (SSSR count). The Balaban J connectivity index is 1.20. The number of amides is 1. The average molecular weight is 607 g/mol. The Hall–Kier alpha value is -3.99. The van der Waals surface area contributed by atoms with Crippen molar-refractivity contribution in [1.82, 2.24) is 9.80 Å². The number of fused-ring (bicyclic) bond motifs is 1. The van der Waals surface area contributed by atoms with Gasteiger partial charge in [0.15, 0.2) is 0 Å². The molecule has 0 radical (unpaired) electrons. The van der Waals surface area contributed by atoms with Crippen molar-refractivity contribution >= 4 is 29.2 Å². The summed E-state index contributed by atoms with van der Waals surface area (Å²) < 4.78 is 9.75. The number of nitro benzene ring substituents is 1. The Morgan fingerprint density at radius 1 is 0.886 bits per heavy atom. The van der Waals surface area contributed by atoms with Crippen molar-refractivity contribution in [3.05, 3.63) is 69.3 Å². The molecule has 44 heavy (non-hydrogen) atoms. The number of piperazine rings is 1. The molecule has 0 N–H and O–H groups in total. The van der Waals surface area contributed by atoms with Crippen molar-refractivity contribution in [2.24, 2.45) is 17.8 Å². The Labute approximate surface area is 258 Å². The molecule has 1 amide bonds. The maximum atomic E-state index is 14.0. The summed E-state index contributed by atoms with van der Waals surface area (Å²) in [6.07, 6.45) is 6.16. The van der Waals surface area contributed by atoms with Crippen LogP contribution in [0.1, 0.15) is 58.4 Å². The molecule has 11 heteroatoms. The number of methoxy groups -OCH3 is 2. The van der Waals surface area contributed by atoms with Gasteiger partial charge in [0.25, 0.3) is 5.69 Å². The van der Waals surface area contributed by atoms with Crippen LogP contribution >= 0.6 is 0 Å². The number of hydrogen-bond donors (Lipinski definition) is 0. The molecule has 0 spiro atoms. The monoisotopic (exact) mass is 606 g/mol. The summed E-state index contributed by atoms with van der Waals surface area (Å²) in [6.45, 7) is 5.26. The number of piperidine rings is 1. The molecule has 0 bridgehead atoms. The first kappa shape index (κ1) is 31.4. The van der Waals surface area contributed by atoms with Crippen molar-refractivity contribution < 1.29 is 28.8 Å².